The van der Waals surface area contributed by atoms with E-state index < -0.39 is 0 Å². The van der Waals surface area contributed by atoms with Crippen LogP contribution in [0.1, 0.15) is 23.1 Å². The molecule has 8 heteroatoms. The molecule has 0 spiro atoms. The molecule has 1 aromatic carbocycles. The number of aryl methyl sites for hydroxylation is 1. The summed E-state index contributed by atoms with van der Waals surface area (Å²) in [6, 6.07) is 9.21. The zero-order valence-corrected chi connectivity index (χ0v) is 21.0. The van der Waals surface area contributed by atoms with Gasteiger partial charge in [0.2, 0.25) is 0 Å². The quantitative estimate of drug-likeness (QED) is 0.556. The van der Waals surface area contributed by atoms with E-state index in [4.69, 9.17) is 4.74 Å². The predicted molar refractivity (Wildman–Crippen MR) is 132 cm³/mol. The van der Waals surface area contributed by atoms with Crippen molar-refractivity contribution in [3.63, 3.8) is 0 Å². The second-order valence-electron chi connectivity index (χ2n) is 9.34. The number of hydrogen-bond donors (Lipinski definition) is 2. The van der Waals surface area contributed by atoms with Gasteiger partial charge in [0, 0.05) is 72.2 Å². The van der Waals surface area contributed by atoms with Crippen LogP contribution in [0.3, 0.4) is 0 Å². The number of ether oxygens (including phenoxy) is 1. The monoisotopic (exact) mass is 513 g/mol. The van der Waals surface area contributed by atoms with E-state index in [1.165, 1.54) is 27.6 Å². The van der Waals surface area contributed by atoms with Crippen molar-refractivity contribution in [2.24, 2.45) is 13.0 Å². The molecule has 3 aromatic rings. The zero-order valence-electron chi connectivity index (χ0n) is 18.6. The fraction of sp³-hybridized carbons (Fsp3) is 0.458. The third kappa shape index (κ3) is 2.83. The highest BCUT2D eigenvalue weighted by molar-refractivity contribution is 9.10. The van der Waals surface area contributed by atoms with Gasteiger partial charge in [0.25, 0.3) is 0 Å². The third-order valence-corrected chi connectivity index (χ3v) is 9.66. The van der Waals surface area contributed by atoms with Gasteiger partial charge in [-0.3, -0.25) is 9.88 Å². The Morgan fingerprint density at radius 3 is 2.91 bits per heavy atom. The maximum Gasteiger partial charge on any atom is 0.110 e. The van der Waals surface area contributed by atoms with Crippen LogP contribution in [0.4, 0.5) is 0 Å². The molecule has 2 saturated heterocycles. The van der Waals surface area contributed by atoms with E-state index in [0.717, 1.165) is 29.7 Å². The molecule has 6 nitrogen and oxygen atoms in total. The van der Waals surface area contributed by atoms with Gasteiger partial charge in [0.1, 0.15) is 10.5 Å². The number of benzene rings is 1. The maximum atomic E-state index is 6.57. The molecule has 3 aliphatic rings. The molecule has 0 bridgehead atoms. The van der Waals surface area contributed by atoms with Gasteiger partial charge in [-0.25, -0.2) is 10.9 Å². The number of methoxy groups -OCH3 is 1. The summed E-state index contributed by atoms with van der Waals surface area (Å²) in [7, 11) is 6.31. The highest BCUT2D eigenvalue weighted by atomic mass is 79.9. The summed E-state index contributed by atoms with van der Waals surface area (Å²) < 4.78 is 9.84. The molecule has 0 amide bonds. The third-order valence-electron chi connectivity index (χ3n) is 7.81. The first-order valence-electron chi connectivity index (χ1n) is 11.1. The number of piperidine rings is 1. The number of fused-ring (bicyclic) bond motifs is 2. The van der Waals surface area contributed by atoms with Crippen molar-refractivity contribution in [2.45, 2.75) is 29.4 Å². The lowest BCUT2D eigenvalue weighted by molar-refractivity contribution is -0.132. The van der Waals surface area contributed by atoms with Gasteiger partial charge in [-0.2, -0.15) is 0 Å². The fourth-order valence-corrected chi connectivity index (χ4v) is 8.00. The Bertz CT molecular complexity index is 1190. The molecule has 2 N–H and O–H groups in total. The SMILES string of the molecule is CO[C@]12C[C@@H](C3(c4cncc(Br)c4)NNCS3)CN(C)[C@@H]1Cc1cn(C)c3cccc2c13. The number of aromatic nitrogens is 2. The molecule has 0 radical (unpaired) electrons. The Kier molecular flexibility index (Phi) is 4.99. The topological polar surface area (TPSA) is 54.4 Å². The molecular weight excluding hydrogens is 486 g/mol. The van der Waals surface area contributed by atoms with Crippen LogP contribution in [0, 0.1) is 5.92 Å². The standard InChI is InChI=1S/C24H28BrN5OS/c1-29-12-15-7-21-23(31-3,19-5-4-6-20(29)22(15)19)9-17(13-30(21)2)24(28-27-14-32-24)16-8-18(25)11-26-10-16/h4-6,8,10-12,17,21,27-28H,7,9,13-14H2,1-3H3/t17-,21-,23+,24?/m1/s1. The molecule has 2 aliphatic heterocycles. The van der Waals surface area contributed by atoms with Crippen molar-refractivity contribution in [2.75, 3.05) is 26.6 Å². The number of likely N-dealkylation sites (tertiary alicyclic amines) is 1. The number of halogens is 1. The average molecular weight is 514 g/mol. The Morgan fingerprint density at radius 1 is 1.28 bits per heavy atom. The van der Waals surface area contributed by atoms with E-state index in [-0.39, 0.29) is 10.5 Å². The lowest BCUT2D eigenvalue weighted by atomic mass is 9.67. The van der Waals surface area contributed by atoms with Crippen molar-refractivity contribution in [3.05, 3.63) is 64.0 Å². The van der Waals surface area contributed by atoms with Crippen LogP contribution < -0.4 is 10.9 Å². The number of hydrazine groups is 1. The summed E-state index contributed by atoms with van der Waals surface area (Å²) in [6.07, 6.45) is 8.11. The van der Waals surface area contributed by atoms with Crippen LogP contribution >= 0.6 is 27.7 Å². The Balaban J connectivity index is 1.51. The molecule has 0 saturated carbocycles. The van der Waals surface area contributed by atoms with E-state index in [0.29, 0.717) is 12.0 Å². The molecule has 2 aromatic heterocycles. The van der Waals surface area contributed by atoms with Crippen LogP contribution in [0.15, 0.2) is 47.3 Å². The van der Waals surface area contributed by atoms with E-state index in [9.17, 15) is 0 Å². The molecule has 4 heterocycles. The smallest absolute Gasteiger partial charge is 0.110 e. The number of rotatable bonds is 3. The molecule has 1 aliphatic carbocycles. The molecular formula is C24H28BrN5OS. The molecule has 1 unspecified atom stereocenters. The van der Waals surface area contributed by atoms with Crippen molar-refractivity contribution < 1.29 is 4.74 Å². The van der Waals surface area contributed by atoms with Gasteiger partial charge in [0.15, 0.2) is 0 Å². The second-order valence-corrected chi connectivity index (χ2v) is 11.5. The normalized spacial score (nSPS) is 32.4. The molecule has 2 fully saturated rings. The summed E-state index contributed by atoms with van der Waals surface area (Å²) in [5.41, 5.74) is 11.9. The largest absolute Gasteiger partial charge is 0.372 e. The lowest BCUT2D eigenvalue weighted by Gasteiger charge is -2.55. The zero-order chi connectivity index (χ0) is 22.1. The minimum atomic E-state index is -0.358. The molecule has 4 atom stereocenters. The first-order valence-corrected chi connectivity index (χ1v) is 12.8. The van der Waals surface area contributed by atoms with Gasteiger partial charge >= 0.3 is 0 Å². The fourth-order valence-electron chi connectivity index (χ4n) is 6.44. The Labute approximate surface area is 201 Å². The number of likely N-dealkylation sites (N-methyl/N-ethyl adjacent to an activating group) is 1. The van der Waals surface area contributed by atoms with Crippen molar-refractivity contribution in [1.82, 2.24) is 25.3 Å². The summed E-state index contributed by atoms with van der Waals surface area (Å²) in [4.78, 5) is 6.75. The maximum absolute atomic E-state index is 6.57. The van der Waals surface area contributed by atoms with E-state index >= 15 is 0 Å². The van der Waals surface area contributed by atoms with Gasteiger partial charge < -0.3 is 9.30 Å². The number of pyridine rings is 1. The summed E-state index contributed by atoms with van der Waals surface area (Å²) in [6.45, 7) is 0.988. The van der Waals surface area contributed by atoms with Crippen molar-refractivity contribution >= 4 is 38.6 Å². The highest BCUT2D eigenvalue weighted by Crippen LogP contribution is 2.55. The minimum absolute atomic E-state index is 0.271. The van der Waals surface area contributed by atoms with Gasteiger partial charge in [0.05, 0.1) is 5.88 Å². The first-order chi connectivity index (χ1) is 15.5. The number of thioether (sulfide) groups is 1. The first kappa shape index (κ1) is 21.1. The van der Waals surface area contributed by atoms with Crippen LogP contribution in [0.2, 0.25) is 0 Å². The van der Waals surface area contributed by atoms with Gasteiger partial charge in [-0.05, 0) is 59.1 Å². The highest BCUT2D eigenvalue weighted by Gasteiger charge is 2.57. The molecule has 168 valence electrons. The number of nitrogens with zero attached hydrogens (tertiary/aromatic N) is 3. The van der Waals surface area contributed by atoms with Crippen LogP contribution in [0.25, 0.3) is 10.9 Å². The predicted octanol–water partition coefficient (Wildman–Crippen LogP) is 3.71. The van der Waals surface area contributed by atoms with E-state index in [1.54, 1.807) is 0 Å². The Morgan fingerprint density at radius 2 is 2.16 bits per heavy atom. The minimum Gasteiger partial charge on any atom is -0.372 e. The summed E-state index contributed by atoms with van der Waals surface area (Å²) in [5, 5.41) is 1.38. The average Bonchev–Trinajstić information content (AvgIpc) is 3.42. The number of hydrogen-bond acceptors (Lipinski definition) is 6. The molecule has 6 rings (SSSR count). The van der Waals surface area contributed by atoms with Crippen molar-refractivity contribution in [3.8, 4) is 0 Å². The summed E-state index contributed by atoms with van der Waals surface area (Å²) in [5.74, 6) is 1.18. The Hall–Kier alpha value is -1.42. The van der Waals surface area contributed by atoms with E-state index in [2.05, 4.69) is 85.8 Å². The van der Waals surface area contributed by atoms with Crippen molar-refractivity contribution in [1.29, 1.82) is 0 Å². The van der Waals surface area contributed by atoms with E-state index in [1.807, 2.05) is 31.3 Å². The summed E-state index contributed by atoms with van der Waals surface area (Å²) >= 11 is 5.55. The number of nitrogens with one attached hydrogen (secondary N) is 2. The van der Waals surface area contributed by atoms with Crippen LogP contribution in [-0.4, -0.2) is 47.1 Å². The van der Waals surface area contributed by atoms with Crippen LogP contribution in [-0.2, 0) is 28.7 Å². The second kappa shape index (κ2) is 7.55. The van der Waals surface area contributed by atoms with Gasteiger partial charge in [-0.1, -0.05) is 12.1 Å². The van der Waals surface area contributed by atoms with Crippen LogP contribution in [0.5, 0.6) is 0 Å². The molecule has 32 heavy (non-hydrogen) atoms. The lowest BCUT2D eigenvalue weighted by Crippen LogP contribution is -2.63. The van der Waals surface area contributed by atoms with Gasteiger partial charge in [-0.15, -0.1) is 11.8 Å².